The summed E-state index contributed by atoms with van der Waals surface area (Å²) in [5.41, 5.74) is 1.88. The third-order valence-corrected chi connectivity index (χ3v) is 4.06. The second-order valence-electron chi connectivity index (χ2n) is 6.12. The van der Waals surface area contributed by atoms with E-state index in [2.05, 4.69) is 33.4 Å². The Hall–Kier alpha value is -2.75. The summed E-state index contributed by atoms with van der Waals surface area (Å²) in [5.74, 6) is 0.483. The summed E-state index contributed by atoms with van der Waals surface area (Å²) in [7, 11) is 0. The summed E-state index contributed by atoms with van der Waals surface area (Å²) in [5, 5.41) is 16.4. The number of anilines is 1. The van der Waals surface area contributed by atoms with Crippen LogP contribution in [0.1, 0.15) is 56.5 Å². The molecule has 0 unspecified atom stereocenters. The number of carbonyl (C=O) groups is 1. The lowest BCUT2D eigenvalue weighted by molar-refractivity contribution is -0.120. The highest BCUT2D eigenvalue weighted by Gasteiger charge is 2.21. The summed E-state index contributed by atoms with van der Waals surface area (Å²) < 4.78 is 1.42. The topological polar surface area (TPSA) is 96.5 Å². The van der Waals surface area contributed by atoms with Gasteiger partial charge in [0.25, 0.3) is 5.95 Å². The molecule has 0 aliphatic rings. The molecule has 0 bridgehead atoms. The van der Waals surface area contributed by atoms with Crippen LogP contribution in [0.2, 0.25) is 0 Å². The molecule has 132 valence electrons. The minimum Gasteiger partial charge on any atom is -0.309 e. The zero-order valence-corrected chi connectivity index (χ0v) is 15.2. The maximum absolute atomic E-state index is 12.6. The van der Waals surface area contributed by atoms with E-state index in [0.29, 0.717) is 17.3 Å². The lowest BCUT2D eigenvalue weighted by atomic mass is 9.98. The van der Waals surface area contributed by atoms with Gasteiger partial charge in [-0.25, -0.2) is 9.97 Å². The smallest absolute Gasteiger partial charge is 0.252 e. The number of unbranched alkanes of at least 4 members (excludes halogenated alkanes) is 1. The van der Waals surface area contributed by atoms with Gasteiger partial charge in [0.2, 0.25) is 5.91 Å². The summed E-state index contributed by atoms with van der Waals surface area (Å²) in [6.45, 7) is 7.83. The first kappa shape index (κ1) is 18.6. The Bertz CT molecular complexity index is 769. The molecule has 0 radical (unpaired) electrons. The van der Waals surface area contributed by atoms with Gasteiger partial charge in [0.15, 0.2) is 5.82 Å². The summed E-state index contributed by atoms with van der Waals surface area (Å²) in [6, 6.07) is 3.92. The molecule has 7 nitrogen and oxygen atoms in total. The van der Waals surface area contributed by atoms with Gasteiger partial charge in [0, 0.05) is 17.3 Å². The minimum atomic E-state index is -0.0985. The van der Waals surface area contributed by atoms with Gasteiger partial charge in [-0.05, 0) is 32.8 Å². The molecule has 0 saturated heterocycles. The first-order chi connectivity index (χ1) is 12.0. The predicted octanol–water partition coefficient (Wildman–Crippen LogP) is 3.31. The van der Waals surface area contributed by atoms with Crippen LogP contribution in [0.3, 0.4) is 0 Å². The van der Waals surface area contributed by atoms with E-state index < -0.39 is 0 Å². The van der Waals surface area contributed by atoms with Gasteiger partial charge < -0.3 is 5.32 Å². The predicted molar refractivity (Wildman–Crippen MR) is 95.3 cm³/mol. The fraction of sp³-hybridized carbons (Fsp3) is 0.500. The molecule has 2 heterocycles. The van der Waals surface area contributed by atoms with E-state index in [1.807, 2.05) is 26.8 Å². The van der Waals surface area contributed by atoms with Crippen molar-refractivity contribution in [3.63, 3.8) is 0 Å². The first-order valence-electron chi connectivity index (χ1n) is 8.61. The van der Waals surface area contributed by atoms with Crippen LogP contribution in [0.5, 0.6) is 0 Å². The maximum Gasteiger partial charge on any atom is 0.252 e. The van der Waals surface area contributed by atoms with Gasteiger partial charge in [-0.2, -0.15) is 15.0 Å². The van der Waals surface area contributed by atoms with Gasteiger partial charge in [-0.15, -0.1) is 0 Å². The third kappa shape index (κ3) is 4.41. The second kappa shape index (κ2) is 8.38. The van der Waals surface area contributed by atoms with Crippen LogP contribution >= 0.6 is 0 Å². The van der Waals surface area contributed by atoms with Crippen LogP contribution in [0, 0.1) is 31.1 Å². The van der Waals surface area contributed by atoms with Gasteiger partial charge in [0.05, 0.1) is 6.20 Å². The van der Waals surface area contributed by atoms with Crippen molar-refractivity contribution in [2.24, 2.45) is 5.92 Å². The van der Waals surface area contributed by atoms with Crippen molar-refractivity contribution in [2.75, 3.05) is 5.32 Å². The highest BCUT2D eigenvalue weighted by molar-refractivity contribution is 5.93. The highest BCUT2D eigenvalue weighted by atomic mass is 16.2. The SMILES string of the molecule is CCCC[C@H](CC)C(=O)Nc1c(C#N)cnn1-c1nc(C)cc(C)n1. The monoisotopic (exact) mass is 340 g/mol. The molecule has 2 rings (SSSR count). The first-order valence-corrected chi connectivity index (χ1v) is 8.61. The van der Waals surface area contributed by atoms with Crippen molar-refractivity contribution < 1.29 is 4.79 Å². The summed E-state index contributed by atoms with van der Waals surface area (Å²) >= 11 is 0. The number of aromatic nitrogens is 4. The number of nitriles is 1. The molecule has 0 aromatic carbocycles. The third-order valence-electron chi connectivity index (χ3n) is 4.06. The van der Waals surface area contributed by atoms with Crippen molar-refractivity contribution in [3.8, 4) is 12.0 Å². The van der Waals surface area contributed by atoms with Crippen molar-refractivity contribution in [2.45, 2.75) is 53.4 Å². The molecule has 1 atom stereocenters. The molecule has 2 aromatic rings. The van der Waals surface area contributed by atoms with E-state index in [0.717, 1.165) is 37.1 Å². The number of nitrogens with zero attached hydrogens (tertiary/aromatic N) is 5. The van der Waals surface area contributed by atoms with Crippen LogP contribution in [-0.2, 0) is 4.79 Å². The largest absolute Gasteiger partial charge is 0.309 e. The van der Waals surface area contributed by atoms with Crippen LogP contribution in [-0.4, -0.2) is 25.7 Å². The second-order valence-corrected chi connectivity index (χ2v) is 6.12. The number of rotatable bonds is 7. The zero-order valence-electron chi connectivity index (χ0n) is 15.2. The normalized spacial score (nSPS) is 11.8. The lowest BCUT2D eigenvalue weighted by Crippen LogP contribution is -2.24. The lowest BCUT2D eigenvalue weighted by Gasteiger charge is -2.15. The fourth-order valence-electron chi connectivity index (χ4n) is 2.69. The van der Waals surface area contributed by atoms with Crippen molar-refractivity contribution >= 4 is 11.7 Å². The highest BCUT2D eigenvalue weighted by Crippen LogP contribution is 2.21. The quantitative estimate of drug-likeness (QED) is 0.834. The zero-order chi connectivity index (χ0) is 18.4. The summed E-state index contributed by atoms with van der Waals surface area (Å²) in [4.78, 5) is 21.4. The molecule has 1 amide bonds. The van der Waals surface area contributed by atoms with E-state index in [1.54, 1.807) is 0 Å². The molecule has 0 spiro atoms. The molecule has 25 heavy (non-hydrogen) atoms. The average molecular weight is 340 g/mol. The number of aryl methyl sites for hydroxylation is 2. The number of amides is 1. The fourth-order valence-corrected chi connectivity index (χ4v) is 2.69. The Morgan fingerprint density at radius 3 is 2.56 bits per heavy atom. The minimum absolute atomic E-state index is 0.0880. The van der Waals surface area contributed by atoms with Gasteiger partial charge in [-0.1, -0.05) is 26.7 Å². The standard InChI is InChI=1S/C18H24N6O/c1-5-7-8-14(6-2)17(25)23-16-15(10-19)11-20-24(16)18-21-12(3)9-13(4)22-18/h9,11,14H,5-8H2,1-4H3,(H,23,25)/t14-/m0/s1. The van der Waals surface area contributed by atoms with Crippen LogP contribution in [0.15, 0.2) is 12.3 Å². The number of hydrogen-bond donors (Lipinski definition) is 1. The average Bonchev–Trinajstić information content (AvgIpc) is 2.97. The van der Waals surface area contributed by atoms with Crippen LogP contribution in [0.4, 0.5) is 5.82 Å². The molecule has 2 aromatic heterocycles. The van der Waals surface area contributed by atoms with Crippen molar-refractivity contribution in [1.29, 1.82) is 5.26 Å². The molecule has 0 fully saturated rings. The Balaban J connectivity index is 2.35. The van der Waals surface area contributed by atoms with E-state index in [4.69, 9.17) is 0 Å². The molecular weight excluding hydrogens is 316 g/mol. The van der Waals surface area contributed by atoms with E-state index in [-0.39, 0.29) is 11.8 Å². The van der Waals surface area contributed by atoms with E-state index in [1.165, 1.54) is 10.9 Å². The molecule has 1 N–H and O–H groups in total. The van der Waals surface area contributed by atoms with E-state index >= 15 is 0 Å². The molecular formula is C18H24N6O. The van der Waals surface area contributed by atoms with Gasteiger partial charge in [0.1, 0.15) is 11.6 Å². The molecule has 0 aliphatic carbocycles. The van der Waals surface area contributed by atoms with Crippen LogP contribution < -0.4 is 5.32 Å². The van der Waals surface area contributed by atoms with Crippen molar-refractivity contribution in [3.05, 3.63) is 29.2 Å². The molecule has 0 aliphatic heterocycles. The Morgan fingerprint density at radius 1 is 1.32 bits per heavy atom. The van der Waals surface area contributed by atoms with Gasteiger partial charge >= 0.3 is 0 Å². The Kier molecular flexibility index (Phi) is 6.23. The number of hydrogen-bond acceptors (Lipinski definition) is 5. The number of nitrogens with one attached hydrogen (secondary N) is 1. The molecule has 0 saturated carbocycles. The number of carbonyl (C=O) groups excluding carboxylic acids is 1. The molecule has 7 heteroatoms. The van der Waals surface area contributed by atoms with Crippen LogP contribution in [0.25, 0.3) is 5.95 Å². The maximum atomic E-state index is 12.6. The Labute approximate surface area is 148 Å². The Morgan fingerprint density at radius 2 is 2.00 bits per heavy atom. The summed E-state index contributed by atoms with van der Waals surface area (Å²) in [6.07, 6.45) is 5.04. The van der Waals surface area contributed by atoms with E-state index in [9.17, 15) is 10.1 Å². The van der Waals surface area contributed by atoms with Gasteiger partial charge in [-0.3, -0.25) is 4.79 Å². The van der Waals surface area contributed by atoms with Crippen molar-refractivity contribution in [1.82, 2.24) is 19.7 Å².